The van der Waals surface area contributed by atoms with Gasteiger partial charge >= 0.3 is 0 Å². The van der Waals surface area contributed by atoms with Crippen LogP contribution < -0.4 is 0 Å². The van der Waals surface area contributed by atoms with Crippen molar-refractivity contribution in [2.75, 3.05) is 105 Å². The van der Waals surface area contributed by atoms with Crippen molar-refractivity contribution in [3.63, 3.8) is 0 Å². The third-order valence-corrected chi connectivity index (χ3v) is 16.3. The molecule has 7 aliphatic rings. The lowest BCUT2D eigenvalue weighted by Gasteiger charge is -2.43. The standard InChI is InChI=1S/C10H20FN.C10H21N.C9H17F2N.C9H18FN.C9H19N.C8H17NO.C8H17N/c1-9(2,3)12-7-5-6-10(4,11)8-12;1-9-6-5-7-11(8-9)10(2,3)4;1-8(2,3)12-6-4-9(10,11)5-7-12;1-9(2,3)11-6-4-8(10)5-7-11;1-9(2,3)10-7-5-4-6-8-10;1-8(2,3)9-4-6-10-7-5-9;1-8(2,3)9-6-4-5-7-9/h5-8H2,1-4H3;9H,5-8H2,1-4H3;4-7H2,1-3H3;8H,4-7H2,1-3H3;4-8H2,1-3H3;4-7H2,1-3H3;4-7H2,1-3H3. The van der Waals surface area contributed by atoms with E-state index in [2.05, 4.69) is 187 Å². The summed E-state index contributed by atoms with van der Waals surface area (Å²) in [5.74, 6) is -1.51. The van der Waals surface area contributed by atoms with Gasteiger partial charge in [-0.05, 0) is 262 Å². The van der Waals surface area contributed by atoms with E-state index in [-0.39, 0.29) is 29.5 Å². The second-order valence-electron chi connectivity index (χ2n) is 30.7. The van der Waals surface area contributed by atoms with Gasteiger partial charge in [-0.15, -0.1) is 0 Å². The number of hydrogen-bond acceptors (Lipinski definition) is 8. The molecule has 0 N–H and O–H groups in total. The summed E-state index contributed by atoms with van der Waals surface area (Å²) in [6.07, 6.45) is 12.5. The third-order valence-electron chi connectivity index (χ3n) is 16.3. The second kappa shape index (κ2) is 31.6. The topological polar surface area (TPSA) is 31.9 Å². The molecule has 7 saturated heterocycles. The Morgan fingerprint density at radius 1 is 0.360 bits per heavy atom. The SMILES string of the molecule is CC(C)(C)N1CCC(F)(F)CC1.CC(C)(C)N1CCC(F)CC1.CC(C)(C)N1CCCC1.CC(C)(C)N1CCCCC1.CC(C)(C)N1CCOCC1.CC1(F)CCCN(C(C)(C)C)C1.CC1CCCN(C(C)(C)C)C1. The van der Waals surface area contributed by atoms with E-state index in [1.54, 1.807) is 6.92 Å². The molecule has 7 heterocycles. The van der Waals surface area contributed by atoms with Crippen LogP contribution in [0.5, 0.6) is 0 Å². The monoisotopic (exact) mass is 1080 g/mol. The van der Waals surface area contributed by atoms with Gasteiger partial charge in [0.2, 0.25) is 0 Å². The lowest BCUT2D eigenvalue weighted by Crippen LogP contribution is -2.51. The summed E-state index contributed by atoms with van der Waals surface area (Å²) >= 11 is 0. The number of hydrogen-bond donors (Lipinski definition) is 0. The van der Waals surface area contributed by atoms with Crippen molar-refractivity contribution >= 4 is 0 Å². The molecule has 7 fully saturated rings. The van der Waals surface area contributed by atoms with Crippen LogP contribution in [0.15, 0.2) is 0 Å². The van der Waals surface area contributed by atoms with Crippen LogP contribution >= 0.6 is 0 Å². The molecule has 7 rings (SSSR count). The van der Waals surface area contributed by atoms with E-state index >= 15 is 0 Å². The average Bonchev–Trinajstić information content (AvgIpc) is 3.84. The van der Waals surface area contributed by atoms with Crippen molar-refractivity contribution in [3.8, 4) is 0 Å². The highest BCUT2D eigenvalue weighted by atomic mass is 19.3. The number of morpholine rings is 1. The zero-order valence-corrected chi connectivity index (χ0v) is 54.2. The number of piperidine rings is 5. The maximum absolute atomic E-state index is 13.6. The van der Waals surface area contributed by atoms with E-state index in [0.29, 0.717) is 41.8 Å². The first kappa shape index (κ1) is 72.4. The number of halogens is 4. The fourth-order valence-corrected chi connectivity index (χ4v) is 10.8. The molecule has 0 aliphatic carbocycles. The summed E-state index contributed by atoms with van der Waals surface area (Å²) in [6, 6.07) is 0. The highest BCUT2D eigenvalue weighted by molar-refractivity contribution is 4.90. The number of alkyl halides is 4. The van der Waals surface area contributed by atoms with E-state index in [0.717, 1.165) is 77.5 Å². The lowest BCUT2D eigenvalue weighted by atomic mass is 9.92. The maximum atomic E-state index is 13.6. The van der Waals surface area contributed by atoms with Crippen molar-refractivity contribution < 1.29 is 22.3 Å². The number of rotatable bonds is 0. The van der Waals surface area contributed by atoms with Crippen LogP contribution in [0.2, 0.25) is 0 Å². The van der Waals surface area contributed by atoms with Crippen LogP contribution in [-0.4, -0.2) is 196 Å². The summed E-state index contributed by atoms with van der Waals surface area (Å²) in [5, 5.41) is 0. The Kier molecular flexibility index (Phi) is 30.5. The van der Waals surface area contributed by atoms with E-state index in [9.17, 15) is 17.6 Å². The highest BCUT2D eigenvalue weighted by Crippen LogP contribution is 2.32. The van der Waals surface area contributed by atoms with Crippen molar-refractivity contribution in [3.05, 3.63) is 0 Å². The average molecular weight is 1080 g/mol. The minimum Gasteiger partial charge on any atom is -0.379 e. The van der Waals surface area contributed by atoms with E-state index in [1.807, 2.05) is 0 Å². The number of ether oxygens (including phenoxy) is 1. The molecule has 0 saturated carbocycles. The van der Waals surface area contributed by atoms with E-state index in [4.69, 9.17) is 4.74 Å². The first-order valence-corrected chi connectivity index (χ1v) is 30.5. The highest BCUT2D eigenvalue weighted by Gasteiger charge is 2.38. The molecule has 0 aromatic carbocycles. The third kappa shape index (κ3) is 31.8. The zero-order valence-electron chi connectivity index (χ0n) is 54.2. The van der Waals surface area contributed by atoms with Crippen LogP contribution in [0.1, 0.15) is 243 Å². The van der Waals surface area contributed by atoms with Gasteiger partial charge in [-0.2, -0.15) is 0 Å². The Morgan fingerprint density at radius 2 is 0.680 bits per heavy atom. The molecule has 7 aliphatic heterocycles. The van der Waals surface area contributed by atoms with Gasteiger partial charge in [0.1, 0.15) is 11.8 Å². The van der Waals surface area contributed by atoms with Crippen LogP contribution in [0, 0.1) is 5.92 Å². The molecule has 0 amide bonds. The number of likely N-dealkylation sites (tertiary alicyclic amines) is 6. The molecule has 0 aromatic heterocycles. The molecule has 0 radical (unpaired) electrons. The molecule has 2 atom stereocenters. The Balaban J connectivity index is 0.000000438. The summed E-state index contributed by atoms with van der Waals surface area (Å²) in [5.41, 5.74) is 0.936. The Labute approximate surface area is 464 Å². The molecule has 8 nitrogen and oxygen atoms in total. The van der Waals surface area contributed by atoms with Crippen LogP contribution in [-0.2, 0) is 4.74 Å². The van der Waals surface area contributed by atoms with Gasteiger partial charge in [-0.25, -0.2) is 17.6 Å². The summed E-state index contributed by atoms with van der Waals surface area (Å²) < 4.78 is 57.1. The largest absolute Gasteiger partial charge is 0.379 e. The normalized spacial score (nSPS) is 26.2. The first-order valence-electron chi connectivity index (χ1n) is 30.5. The van der Waals surface area contributed by atoms with Crippen LogP contribution in [0.25, 0.3) is 0 Å². The Bertz CT molecular complexity index is 1430. The Morgan fingerprint density at radius 3 is 0.987 bits per heavy atom. The van der Waals surface area contributed by atoms with Crippen LogP contribution in [0.3, 0.4) is 0 Å². The zero-order chi connectivity index (χ0) is 57.9. The molecular formula is C63H129F4N7O. The van der Waals surface area contributed by atoms with Gasteiger partial charge in [0, 0.05) is 104 Å². The fraction of sp³-hybridized carbons (Fsp3) is 1.00. The van der Waals surface area contributed by atoms with E-state index < -0.39 is 17.8 Å². The quantitative estimate of drug-likeness (QED) is 0.222. The van der Waals surface area contributed by atoms with Gasteiger partial charge in [0.25, 0.3) is 5.92 Å². The minimum absolute atomic E-state index is 0.0181. The van der Waals surface area contributed by atoms with Gasteiger partial charge in [0.15, 0.2) is 0 Å². The van der Waals surface area contributed by atoms with E-state index in [1.165, 1.54) is 84.2 Å². The molecule has 12 heteroatoms. The summed E-state index contributed by atoms with van der Waals surface area (Å²) in [7, 11) is 0. The summed E-state index contributed by atoms with van der Waals surface area (Å²) in [6.45, 7) is 67.1. The minimum atomic E-state index is -2.41. The van der Waals surface area contributed by atoms with Gasteiger partial charge < -0.3 is 4.74 Å². The smallest absolute Gasteiger partial charge is 0.250 e. The van der Waals surface area contributed by atoms with Crippen molar-refractivity contribution in [1.82, 2.24) is 34.3 Å². The predicted octanol–water partition coefficient (Wildman–Crippen LogP) is 15.1. The predicted molar refractivity (Wildman–Crippen MR) is 319 cm³/mol. The number of nitrogens with zero attached hydrogens (tertiary/aromatic N) is 7. The molecule has 0 spiro atoms. The lowest BCUT2D eigenvalue weighted by molar-refractivity contribution is -0.0713. The molecule has 75 heavy (non-hydrogen) atoms. The van der Waals surface area contributed by atoms with Crippen molar-refractivity contribution in [2.45, 2.75) is 299 Å². The Hall–Kier alpha value is -0.600. The fourth-order valence-electron chi connectivity index (χ4n) is 10.8. The van der Waals surface area contributed by atoms with Crippen molar-refractivity contribution in [2.24, 2.45) is 5.92 Å². The van der Waals surface area contributed by atoms with Gasteiger partial charge in [-0.3, -0.25) is 34.3 Å². The first-order chi connectivity index (χ1) is 33.9. The molecule has 450 valence electrons. The molecule has 0 aromatic rings. The molecule has 0 bridgehead atoms. The molecular weight excluding hydrogens is 947 g/mol. The molecule has 2 unspecified atom stereocenters. The second-order valence-corrected chi connectivity index (χ2v) is 30.7. The van der Waals surface area contributed by atoms with Gasteiger partial charge in [0.05, 0.1) is 13.2 Å². The maximum Gasteiger partial charge on any atom is 0.250 e. The van der Waals surface area contributed by atoms with Crippen molar-refractivity contribution in [1.29, 1.82) is 0 Å². The van der Waals surface area contributed by atoms with Gasteiger partial charge in [-0.1, -0.05) is 13.3 Å². The summed E-state index contributed by atoms with van der Waals surface area (Å²) in [4.78, 5) is 16.9. The van der Waals surface area contributed by atoms with Crippen LogP contribution in [0.4, 0.5) is 17.6 Å².